The minimum atomic E-state index is -0.208. The zero-order chi connectivity index (χ0) is 13.5. The Bertz CT molecular complexity index is 501. The Balaban J connectivity index is 2.04. The van der Waals surface area contributed by atoms with Crippen molar-refractivity contribution in [3.05, 3.63) is 71.5 Å². The molecule has 19 heavy (non-hydrogen) atoms. The largest absolute Gasteiger partial charge is 0.391 e. The Morgan fingerprint density at radius 1 is 0.895 bits per heavy atom. The van der Waals surface area contributed by atoms with Crippen molar-refractivity contribution >= 4 is 0 Å². The smallest absolute Gasteiger partial charge is 0.123 e. The molecule has 0 aliphatic rings. The molecule has 2 aromatic rings. The summed E-state index contributed by atoms with van der Waals surface area (Å²) < 4.78 is 13.2. The van der Waals surface area contributed by atoms with Gasteiger partial charge in [-0.1, -0.05) is 42.5 Å². The lowest BCUT2D eigenvalue weighted by Crippen LogP contribution is -3.09. The summed E-state index contributed by atoms with van der Waals surface area (Å²) in [5.41, 5.74) is 2.18. The number of hydrogen-bond acceptors (Lipinski definition) is 1. The minimum absolute atomic E-state index is 0.136. The maximum atomic E-state index is 13.2. The first-order valence-corrected chi connectivity index (χ1v) is 6.51. The molecule has 0 saturated carbocycles. The van der Waals surface area contributed by atoms with Crippen LogP contribution in [-0.2, 0) is 13.1 Å². The van der Waals surface area contributed by atoms with E-state index in [0.29, 0.717) is 13.1 Å². The van der Waals surface area contributed by atoms with Crippen LogP contribution >= 0.6 is 0 Å². The first kappa shape index (κ1) is 13.7. The summed E-state index contributed by atoms with van der Waals surface area (Å²) in [7, 11) is 0. The Hall–Kier alpha value is -1.71. The molecule has 100 valence electrons. The highest BCUT2D eigenvalue weighted by Gasteiger charge is 2.10. The second kappa shape index (κ2) is 7.02. The van der Waals surface area contributed by atoms with E-state index in [1.165, 1.54) is 16.5 Å². The van der Waals surface area contributed by atoms with Gasteiger partial charge in [-0.05, 0) is 12.1 Å². The Morgan fingerprint density at radius 3 is 2.26 bits per heavy atom. The molecule has 3 heteroatoms. The van der Waals surface area contributed by atoms with E-state index in [1.54, 1.807) is 12.1 Å². The van der Waals surface area contributed by atoms with E-state index < -0.39 is 0 Å². The lowest BCUT2D eigenvalue weighted by Gasteiger charge is -2.18. The molecule has 2 nitrogen and oxygen atoms in total. The Morgan fingerprint density at radius 2 is 1.58 bits per heavy atom. The minimum Gasteiger partial charge on any atom is -0.391 e. The second-order valence-corrected chi connectivity index (χ2v) is 4.69. The van der Waals surface area contributed by atoms with Crippen LogP contribution in [0.2, 0.25) is 0 Å². The van der Waals surface area contributed by atoms with Crippen molar-refractivity contribution in [3.63, 3.8) is 0 Å². The van der Waals surface area contributed by atoms with Crippen molar-refractivity contribution in [3.8, 4) is 0 Å². The van der Waals surface area contributed by atoms with Crippen LogP contribution in [0.1, 0.15) is 11.1 Å². The first-order chi connectivity index (χ1) is 9.28. The fourth-order valence-corrected chi connectivity index (χ4v) is 2.22. The van der Waals surface area contributed by atoms with Gasteiger partial charge in [0.05, 0.1) is 6.61 Å². The van der Waals surface area contributed by atoms with Gasteiger partial charge >= 0.3 is 0 Å². The van der Waals surface area contributed by atoms with Crippen molar-refractivity contribution < 1.29 is 14.4 Å². The first-order valence-electron chi connectivity index (χ1n) is 6.51. The van der Waals surface area contributed by atoms with Crippen LogP contribution in [0.5, 0.6) is 0 Å². The van der Waals surface area contributed by atoms with Gasteiger partial charge in [-0.15, -0.1) is 0 Å². The maximum absolute atomic E-state index is 13.2. The van der Waals surface area contributed by atoms with Crippen molar-refractivity contribution in [1.29, 1.82) is 0 Å². The van der Waals surface area contributed by atoms with E-state index in [2.05, 4.69) is 12.1 Å². The third-order valence-corrected chi connectivity index (χ3v) is 3.11. The van der Waals surface area contributed by atoms with Crippen LogP contribution in [0.25, 0.3) is 0 Å². The number of halogens is 1. The average molecular weight is 260 g/mol. The molecule has 0 amide bonds. The van der Waals surface area contributed by atoms with E-state index >= 15 is 0 Å². The summed E-state index contributed by atoms with van der Waals surface area (Å²) in [4.78, 5) is 1.22. The van der Waals surface area contributed by atoms with Gasteiger partial charge in [-0.2, -0.15) is 0 Å². The third-order valence-electron chi connectivity index (χ3n) is 3.11. The Labute approximate surface area is 113 Å². The molecule has 0 saturated heterocycles. The lowest BCUT2D eigenvalue weighted by molar-refractivity contribution is -0.927. The summed E-state index contributed by atoms with van der Waals surface area (Å²) in [6.45, 7) is 2.34. The highest BCUT2D eigenvalue weighted by molar-refractivity contribution is 5.15. The molecule has 0 aliphatic carbocycles. The number of quaternary nitrogens is 1. The normalized spacial score (nSPS) is 12.3. The second-order valence-electron chi connectivity index (χ2n) is 4.69. The SMILES string of the molecule is OCC[NH+](Cc1ccccc1)Cc1cccc(F)c1. The average Bonchev–Trinajstić information content (AvgIpc) is 2.40. The molecule has 0 fully saturated rings. The van der Waals surface area contributed by atoms with Crippen molar-refractivity contribution in [1.82, 2.24) is 0 Å². The van der Waals surface area contributed by atoms with Crippen LogP contribution in [0.3, 0.4) is 0 Å². The lowest BCUT2D eigenvalue weighted by atomic mass is 10.1. The highest BCUT2D eigenvalue weighted by Crippen LogP contribution is 2.02. The third kappa shape index (κ3) is 4.47. The zero-order valence-electron chi connectivity index (χ0n) is 10.8. The number of hydrogen-bond donors (Lipinski definition) is 2. The van der Waals surface area contributed by atoms with Crippen LogP contribution in [-0.4, -0.2) is 18.3 Å². The summed E-state index contributed by atoms with van der Waals surface area (Å²) in [6, 6.07) is 16.8. The molecule has 2 N–H and O–H groups in total. The summed E-state index contributed by atoms with van der Waals surface area (Å²) in [5, 5.41) is 9.15. The Kier molecular flexibility index (Phi) is 5.07. The quantitative estimate of drug-likeness (QED) is 0.806. The van der Waals surface area contributed by atoms with E-state index in [1.807, 2.05) is 24.3 Å². The predicted molar refractivity (Wildman–Crippen MR) is 73.2 cm³/mol. The van der Waals surface area contributed by atoms with Crippen LogP contribution < -0.4 is 4.90 Å². The van der Waals surface area contributed by atoms with Gasteiger partial charge in [0, 0.05) is 11.1 Å². The van der Waals surface area contributed by atoms with E-state index in [-0.39, 0.29) is 12.4 Å². The van der Waals surface area contributed by atoms with Gasteiger partial charge in [-0.3, -0.25) is 0 Å². The van der Waals surface area contributed by atoms with Crippen molar-refractivity contribution in [2.45, 2.75) is 13.1 Å². The van der Waals surface area contributed by atoms with Crippen molar-refractivity contribution in [2.24, 2.45) is 0 Å². The number of aliphatic hydroxyl groups excluding tert-OH is 1. The van der Waals surface area contributed by atoms with Gasteiger partial charge in [0.2, 0.25) is 0 Å². The molecule has 0 radical (unpaired) electrons. The van der Waals surface area contributed by atoms with Crippen molar-refractivity contribution in [2.75, 3.05) is 13.2 Å². The molecular formula is C16H19FNO+. The molecule has 2 aromatic carbocycles. The van der Waals surface area contributed by atoms with Gasteiger partial charge < -0.3 is 10.0 Å². The predicted octanol–water partition coefficient (Wildman–Crippen LogP) is 1.40. The van der Waals surface area contributed by atoms with Crippen LogP contribution in [0.4, 0.5) is 4.39 Å². The highest BCUT2D eigenvalue weighted by atomic mass is 19.1. The molecular weight excluding hydrogens is 241 g/mol. The van der Waals surface area contributed by atoms with Gasteiger partial charge in [-0.25, -0.2) is 4.39 Å². The maximum Gasteiger partial charge on any atom is 0.123 e. The molecule has 0 heterocycles. The number of benzene rings is 2. The summed E-state index contributed by atoms with van der Waals surface area (Å²) in [6.07, 6.45) is 0. The molecule has 1 unspecified atom stereocenters. The van der Waals surface area contributed by atoms with Crippen LogP contribution in [0.15, 0.2) is 54.6 Å². The number of nitrogens with one attached hydrogen (secondary N) is 1. The molecule has 0 aromatic heterocycles. The number of aliphatic hydroxyl groups is 1. The molecule has 0 bridgehead atoms. The van der Waals surface area contributed by atoms with E-state index in [0.717, 1.165) is 12.1 Å². The summed E-state index contributed by atoms with van der Waals surface area (Å²) >= 11 is 0. The topological polar surface area (TPSA) is 24.7 Å². The van der Waals surface area contributed by atoms with Crippen LogP contribution in [0, 0.1) is 5.82 Å². The summed E-state index contributed by atoms with van der Waals surface area (Å²) in [5.74, 6) is -0.208. The van der Waals surface area contributed by atoms with Gasteiger partial charge in [0.25, 0.3) is 0 Å². The van der Waals surface area contributed by atoms with Gasteiger partial charge in [0.15, 0.2) is 0 Å². The monoisotopic (exact) mass is 260 g/mol. The molecule has 2 rings (SSSR count). The number of rotatable bonds is 6. The molecule has 0 aliphatic heterocycles. The van der Waals surface area contributed by atoms with Gasteiger partial charge in [0.1, 0.15) is 25.5 Å². The fourth-order valence-electron chi connectivity index (χ4n) is 2.22. The van der Waals surface area contributed by atoms with E-state index in [4.69, 9.17) is 5.11 Å². The fraction of sp³-hybridized carbons (Fsp3) is 0.250. The standard InChI is InChI=1S/C16H18FNO/c17-16-8-4-7-15(11-16)13-18(9-10-19)12-14-5-2-1-3-6-14/h1-8,11,19H,9-10,12-13H2/p+1. The molecule has 1 atom stereocenters. The molecule has 0 spiro atoms. The van der Waals surface area contributed by atoms with E-state index in [9.17, 15) is 4.39 Å². The zero-order valence-corrected chi connectivity index (χ0v) is 10.8.